The SMILES string of the molecule is Cc1ccc(-c2cc3sc4ccccc4c3cc2-c2cccc(-c3ccccc3S)c2)cc1. The Bertz CT molecular complexity index is 1620. The second kappa shape index (κ2) is 8.22. The maximum absolute atomic E-state index is 4.70. The number of thiophene rings is 1. The number of aryl methyl sites for hydroxylation is 1. The van der Waals surface area contributed by atoms with Crippen molar-refractivity contribution in [1.82, 2.24) is 0 Å². The van der Waals surface area contributed by atoms with Crippen LogP contribution in [0.25, 0.3) is 53.6 Å². The summed E-state index contributed by atoms with van der Waals surface area (Å²) in [6.45, 7) is 2.14. The van der Waals surface area contributed by atoms with Crippen molar-refractivity contribution in [3.05, 3.63) is 115 Å². The van der Waals surface area contributed by atoms with Gasteiger partial charge in [-0.25, -0.2) is 0 Å². The van der Waals surface area contributed by atoms with Gasteiger partial charge in [0.2, 0.25) is 0 Å². The molecule has 0 aliphatic rings. The molecule has 0 atom stereocenters. The first-order valence-electron chi connectivity index (χ1n) is 11.1. The van der Waals surface area contributed by atoms with E-state index in [1.165, 1.54) is 53.6 Å². The van der Waals surface area contributed by atoms with Gasteiger partial charge in [-0.15, -0.1) is 24.0 Å². The van der Waals surface area contributed by atoms with Crippen LogP contribution in [0, 0.1) is 6.92 Å². The maximum atomic E-state index is 4.70. The highest BCUT2D eigenvalue weighted by molar-refractivity contribution is 7.80. The fraction of sp³-hybridized carbons (Fsp3) is 0.0323. The molecule has 33 heavy (non-hydrogen) atoms. The first-order chi connectivity index (χ1) is 16.2. The molecule has 5 aromatic carbocycles. The molecule has 158 valence electrons. The van der Waals surface area contributed by atoms with Crippen LogP contribution in [0.3, 0.4) is 0 Å². The quantitative estimate of drug-likeness (QED) is 0.251. The molecule has 0 saturated carbocycles. The van der Waals surface area contributed by atoms with Crippen molar-refractivity contribution in [2.24, 2.45) is 0 Å². The summed E-state index contributed by atoms with van der Waals surface area (Å²) in [5.74, 6) is 0. The standard InChI is InChI=1S/C31H22S2/c1-20-13-15-21(16-14-20)27-19-31-28(25-10-3-5-12-30(25)33-31)18-26(27)23-8-6-7-22(17-23)24-9-2-4-11-29(24)32/h2-19,32H,1H3. The van der Waals surface area contributed by atoms with E-state index in [-0.39, 0.29) is 0 Å². The Morgan fingerprint density at radius 3 is 2.03 bits per heavy atom. The van der Waals surface area contributed by atoms with E-state index >= 15 is 0 Å². The first-order valence-corrected chi connectivity index (χ1v) is 12.3. The minimum Gasteiger partial charge on any atom is -0.143 e. The lowest BCUT2D eigenvalue weighted by Gasteiger charge is -2.14. The highest BCUT2D eigenvalue weighted by Crippen LogP contribution is 2.42. The molecule has 0 spiro atoms. The van der Waals surface area contributed by atoms with Crippen LogP contribution in [0.15, 0.2) is 114 Å². The van der Waals surface area contributed by atoms with E-state index in [1.807, 2.05) is 23.5 Å². The van der Waals surface area contributed by atoms with Gasteiger partial charge in [-0.3, -0.25) is 0 Å². The molecule has 1 heterocycles. The monoisotopic (exact) mass is 458 g/mol. The summed E-state index contributed by atoms with van der Waals surface area (Å²) in [6.07, 6.45) is 0. The number of fused-ring (bicyclic) bond motifs is 3. The van der Waals surface area contributed by atoms with Crippen molar-refractivity contribution in [3.63, 3.8) is 0 Å². The van der Waals surface area contributed by atoms with E-state index in [2.05, 4.69) is 104 Å². The molecule has 0 radical (unpaired) electrons. The Kier molecular flexibility index (Phi) is 5.05. The molecule has 1 aromatic heterocycles. The average Bonchev–Trinajstić information content (AvgIpc) is 3.22. The topological polar surface area (TPSA) is 0 Å². The number of hydrogen-bond donors (Lipinski definition) is 1. The van der Waals surface area contributed by atoms with Crippen molar-refractivity contribution in [1.29, 1.82) is 0 Å². The molecule has 0 N–H and O–H groups in total. The van der Waals surface area contributed by atoms with Crippen molar-refractivity contribution in [2.75, 3.05) is 0 Å². The molecule has 0 amide bonds. The zero-order chi connectivity index (χ0) is 22.4. The first kappa shape index (κ1) is 20.3. The molecule has 0 unspecified atom stereocenters. The number of benzene rings is 5. The second-order valence-electron chi connectivity index (χ2n) is 8.46. The van der Waals surface area contributed by atoms with E-state index in [0.717, 1.165) is 10.5 Å². The molecule has 6 aromatic rings. The molecule has 0 aliphatic heterocycles. The zero-order valence-electron chi connectivity index (χ0n) is 18.2. The highest BCUT2D eigenvalue weighted by Gasteiger charge is 2.14. The predicted octanol–water partition coefficient (Wildman–Crippen LogP) is 9.65. The summed E-state index contributed by atoms with van der Waals surface area (Å²) in [6, 6.07) is 39.5. The lowest BCUT2D eigenvalue weighted by atomic mass is 9.91. The van der Waals surface area contributed by atoms with E-state index in [1.54, 1.807) is 0 Å². The molecule has 0 bridgehead atoms. The third-order valence-corrected chi connectivity index (χ3v) is 7.79. The van der Waals surface area contributed by atoms with Crippen LogP contribution in [-0.4, -0.2) is 0 Å². The molecule has 0 nitrogen and oxygen atoms in total. The van der Waals surface area contributed by atoms with Gasteiger partial charge in [-0.2, -0.15) is 0 Å². The molecule has 0 aliphatic carbocycles. The van der Waals surface area contributed by atoms with Gasteiger partial charge in [0, 0.05) is 25.1 Å². The Morgan fingerprint density at radius 1 is 0.515 bits per heavy atom. The van der Waals surface area contributed by atoms with Crippen LogP contribution in [0.4, 0.5) is 0 Å². The summed E-state index contributed by atoms with van der Waals surface area (Å²) < 4.78 is 2.66. The molecule has 0 saturated heterocycles. The third-order valence-electron chi connectivity index (χ3n) is 6.27. The normalized spacial score (nSPS) is 11.3. The Hall–Kier alpha value is -3.33. The van der Waals surface area contributed by atoms with Crippen LogP contribution in [-0.2, 0) is 0 Å². The van der Waals surface area contributed by atoms with Gasteiger partial charge in [0.15, 0.2) is 0 Å². The predicted molar refractivity (Wildman–Crippen MR) is 148 cm³/mol. The number of hydrogen-bond acceptors (Lipinski definition) is 2. The van der Waals surface area contributed by atoms with Gasteiger partial charge in [0.25, 0.3) is 0 Å². The van der Waals surface area contributed by atoms with Gasteiger partial charge < -0.3 is 0 Å². The minimum absolute atomic E-state index is 0.993. The molecular weight excluding hydrogens is 436 g/mol. The summed E-state index contributed by atoms with van der Waals surface area (Å²) in [7, 11) is 0. The Labute approximate surface area is 203 Å². The number of rotatable bonds is 3. The minimum atomic E-state index is 0.993. The Morgan fingerprint density at radius 2 is 1.21 bits per heavy atom. The Balaban J connectivity index is 1.63. The van der Waals surface area contributed by atoms with E-state index in [4.69, 9.17) is 12.6 Å². The number of thiol groups is 1. The zero-order valence-corrected chi connectivity index (χ0v) is 20.0. The van der Waals surface area contributed by atoms with Gasteiger partial charge >= 0.3 is 0 Å². The van der Waals surface area contributed by atoms with Crippen molar-refractivity contribution < 1.29 is 0 Å². The van der Waals surface area contributed by atoms with Crippen LogP contribution in [0.5, 0.6) is 0 Å². The largest absolute Gasteiger partial charge is 0.143 e. The third kappa shape index (κ3) is 3.66. The van der Waals surface area contributed by atoms with Gasteiger partial charge in [-0.05, 0) is 70.6 Å². The average molecular weight is 459 g/mol. The fourth-order valence-electron chi connectivity index (χ4n) is 4.55. The smallest absolute Gasteiger partial charge is 0.0362 e. The van der Waals surface area contributed by atoms with E-state index in [0.29, 0.717) is 0 Å². The van der Waals surface area contributed by atoms with Crippen LogP contribution in [0.1, 0.15) is 5.56 Å². The van der Waals surface area contributed by atoms with Gasteiger partial charge in [-0.1, -0.05) is 84.4 Å². The van der Waals surface area contributed by atoms with Crippen molar-refractivity contribution >= 4 is 44.1 Å². The molecule has 2 heteroatoms. The summed E-state index contributed by atoms with van der Waals surface area (Å²) in [5.41, 5.74) is 8.60. The van der Waals surface area contributed by atoms with Gasteiger partial charge in [0.1, 0.15) is 0 Å². The highest BCUT2D eigenvalue weighted by atomic mass is 32.1. The van der Waals surface area contributed by atoms with Crippen LogP contribution >= 0.6 is 24.0 Å². The lowest BCUT2D eigenvalue weighted by molar-refractivity contribution is 1.45. The lowest BCUT2D eigenvalue weighted by Crippen LogP contribution is -1.88. The van der Waals surface area contributed by atoms with Crippen LogP contribution in [0.2, 0.25) is 0 Å². The molecule has 6 rings (SSSR count). The van der Waals surface area contributed by atoms with E-state index < -0.39 is 0 Å². The van der Waals surface area contributed by atoms with Crippen molar-refractivity contribution in [3.8, 4) is 33.4 Å². The molecular formula is C31H22S2. The van der Waals surface area contributed by atoms with Gasteiger partial charge in [0.05, 0.1) is 0 Å². The fourth-order valence-corrected chi connectivity index (χ4v) is 5.97. The maximum Gasteiger partial charge on any atom is 0.0362 e. The van der Waals surface area contributed by atoms with Crippen LogP contribution < -0.4 is 0 Å². The summed E-state index contributed by atoms with van der Waals surface area (Å²) in [5, 5.41) is 2.65. The summed E-state index contributed by atoms with van der Waals surface area (Å²) >= 11 is 6.57. The molecule has 0 fully saturated rings. The summed E-state index contributed by atoms with van der Waals surface area (Å²) in [4.78, 5) is 0.993. The second-order valence-corrected chi connectivity index (χ2v) is 10.0. The van der Waals surface area contributed by atoms with Crippen molar-refractivity contribution in [2.45, 2.75) is 11.8 Å². The van der Waals surface area contributed by atoms with E-state index in [9.17, 15) is 0 Å².